The molecule has 34 heavy (non-hydrogen) atoms. The lowest BCUT2D eigenvalue weighted by atomic mass is 10.2. The van der Waals surface area contributed by atoms with Gasteiger partial charge in [-0.25, -0.2) is 19.7 Å². The summed E-state index contributed by atoms with van der Waals surface area (Å²) >= 11 is 0. The molecular formula is C23H28N8O3. The maximum atomic E-state index is 12.2. The van der Waals surface area contributed by atoms with Crippen molar-refractivity contribution < 1.29 is 14.4 Å². The molecule has 2 N–H and O–H groups in total. The number of hydrogen-bond acceptors (Lipinski definition) is 8. The molecule has 4 heterocycles. The summed E-state index contributed by atoms with van der Waals surface area (Å²) in [6, 6.07) is 7.21. The van der Waals surface area contributed by atoms with Crippen LogP contribution in [0.2, 0.25) is 0 Å². The Morgan fingerprint density at radius 1 is 1.21 bits per heavy atom. The first-order valence-corrected chi connectivity index (χ1v) is 11.2. The Morgan fingerprint density at radius 2 is 2.03 bits per heavy atom. The molecule has 0 bridgehead atoms. The highest BCUT2D eigenvalue weighted by Crippen LogP contribution is 2.24. The Labute approximate surface area is 197 Å². The molecule has 0 radical (unpaired) electrons. The van der Waals surface area contributed by atoms with E-state index >= 15 is 0 Å². The number of urea groups is 1. The molecular weight excluding hydrogens is 436 g/mol. The van der Waals surface area contributed by atoms with Gasteiger partial charge in [-0.3, -0.25) is 9.69 Å². The van der Waals surface area contributed by atoms with Gasteiger partial charge in [-0.1, -0.05) is 0 Å². The topological polar surface area (TPSA) is 120 Å². The Bertz CT molecular complexity index is 1110. The van der Waals surface area contributed by atoms with Crippen molar-refractivity contribution in [2.75, 3.05) is 42.7 Å². The minimum atomic E-state index is -0.546. The average molecular weight is 465 g/mol. The fourth-order valence-electron chi connectivity index (χ4n) is 3.97. The third-order valence-corrected chi connectivity index (χ3v) is 5.60. The van der Waals surface area contributed by atoms with Crippen LogP contribution in [0.25, 0.3) is 11.5 Å². The van der Waals surface area contributed by atoms with Gasteiger partial charge in [0.25, 0.3) is 0 Å². The molecule has 178 valence electrons. The Balaban J connectivity index is 1.37. The van der Waals surface area contributed by atoms with Gasteiger partial charge in [0, 0.05) is 57.9 Å². The van der Waals surface area contributed by atoms with Crippen LogP contribution >= 0.6 is 0 Å². The largest absolute Gasteiger partial charge is 0.368 e. The van der Waals surface area contributed by atoms with Gasteiger partial charge in [-0.15, -0.1) is 5.06 Å². The van der Waals surface area contributed by atoms with E-state index in [-0.39, 0.29) is 12.3 Å². The van der Waals surface area contributed by atoms with E-state index in [1.807, 2.05) is 19.1 Å². The van der Waals surface area contributed by atoms with Crippen molar-refractivity contribution >= 4 is 24.0 Å². The van der Waals surface area contributed by atoms with Crippen molar-refractivity contribution in [3.8, 4) is 11.5 Å². The number of rotatable bonds is 8. The molecule has 3 aromatic rings. The first kappa shape index (κ1) is 23.2. The molecule has 11 heteroatoms. The lowest BCUT2D eigenvalue weighted by molar-refractivity contribution is -0.129. The number of pyridine rings is 2. The summed E-state index contributed by atoms with van der Waals surface area (Å²) in [5, 5.41) is 3.46. The van der Waals surface area contributed by atoms with Gasteiger partial charge in [0.05, 0.1) is 11.4 Å². The molecule has 3 aromatic heterocycles. The summed E-state index contributed by atoms with van der Waals surface area (Å²) in [6.07, 6.45) is 5.12. The molecule has 1 saturated heterocycles. The number of hydroxylamine groups is 1. The second-order valence-electron chi connectivity index (χ2n) is 7.86. The summed E-state index contributed by atoms with van der Waals surface area (Å²) in [4.78, 5) is 48.8. The minimum Gasteiger partial charge on any atom is -0.368 e. The Kier molecular flexibility index (Phi) is 7.33. The van der Waals surface area contributed by atoms with Gasteiger partial charge in [-0.2, -0.15) is 0 Å². The Hall–Kier alpha value is -3.99. The van der Waals surface area contributed by atoms with Gasteiger partial charge >= 0.3 is 12.5 Å². The second-order valence-corrected chi connectivity index (χ2v) is 7.86. The quantitative estimate of drug-likeness (QED) is 0.384. The number of carbonyl (C=O) groups excluding carboxylic acids is 2. The number of nitrogens with zero attached hydrogens (tertiary/aromatic N) is 6. The summed E-state index contributed by atoms with van der Waals surface area (Å²) in [6.45, 7) is 8.62. The molecule has 4 rings (SSSR count). The Morgan fingerprint density at radius 3 is 2.71 bits per heavy atom. The highest BCUT2D eigenvalue weighted by Gasteiger charge is 2.22. The zero-order valence-electron chi connectivity index (χ0n) is 19.3. The van der Waals surface area contributed by atoms with E-state index in [1.54, 1.807) is 31.6 Å². The fourth-order valence-corrected chi connectivity index (χ4v) is 3.97. The SMILES string of the molecule is CCNC(=O)N(OC=O)c1cc(CN2CCN(c3ccc(-c4ncc[nH]4)nc3C)CC2)ccn1. The first-order valence-electron chi connectivity index (χ1n) is 11.2. The van der Waals surface area contributed by atoms with Crippen LogP contribution in [0, 0.1) is 6.92 Å². The molecule has 0 unspecified atom stereocenters. The highest BCUT2D eigenvalue weighted by molar-refractivity contribution is 5.89. The fraction of sp³-hybridized carbons (Fsp3) is 0.348. The summed E-state index contributed by atoms with van der Waals surface area (Å²) in [5.41, 5.74) is 3.91. The van der Waals surface area contributed by atoms with Gasteiger partial charge in [0.1, 0.15) is 5.69 Å². The standard InChI is InChI=1S/C23H28N8O3/c1-3-24-23(33)31(34-16-32)21-14-18(6-7-25-21)15-29-10-12-30(13-11-29)20-5-4-19(28-17(20)2)22-26-8-9-27-22/h4-9,14,16H,3,10-13,15H2,1-2H3,(H,24,33)(H,26,27). The lowest BCUT2D eigenvalue weighted by Crippen LogP contribution is -2.46. The zero-order chi connectivity index (χ0) is 23.9. The van der Waals surface area contributed by atoms with E-state index in [4.69, 9.17) is 9.82 Å². The molecule has 0 aromatic carbocycles. The molecule has 1 aliphatic heterocycles. The number of piperazine rings is 1. The van der Waals surface area contributed by atoms with Crippen molar-refractivity contribution in [2.24, 2.45) is 0 Å². The minimum absolute atomic E-state index is 0.209. The van der Waals surface area contributed by atoms with Crippen LogP contribution in [0.5, 0.6) is 0 Å². The number of nitrogens with one attached hydrogen (secondary N) is 2. The van der Waals surface area contributed by atoms with E-state index in [9.17, 15) is 9.59 Å². The monoisotopic (exact) mass is 464 g/mol. The number of imidazole rings is 1. The number of amides is 2. The van der Waals surface area contributed by atoms with Crippen molar-refractivity contribution in [1.82, 2.24) is 30.2 Å². The van der Waals surface area contributed by atoms with Crippen LogP contribution in [-0.2, 0) is 16.2 Å². The van der Waals surface area contributed by atoms with Crippen molar-refractivity contribution in [3.05, 3.63) is 54.1 Å². The molecule has 0 aliphatic carbocycles. The zero-order valence-corrected chi connectivity index (χ0v) is 19.3. The van der Waals surface area contributed by atoms with Gasteiger partial charge in [0.2, 0.25) is 0 Å². The number of anilines is 2. The van der Waals surface area contributed by atoms with Crippen LogP contribution in [-0.4, -0.2) is 70.1 Å². The summed E-state index contributed by atoms with van der Waals surface area (Å²) < 4.78 is 0. The van der Waals surface area contributed by atoms with E-state index in [0.29, 0.717) is 13.1 Å². The van der Waals surface area contributed by atoms with Crippen LogP contribution in [0.3, 0.4) is 0 Å². The molecule has 0 saturated carbocycles. The van der Waals surface area contributed by atoms with Gasteiger partial charge in [-0.05, 0) is 43.7 Å². The number of hydrogen-bond donors (Lipinski definition) is 2. The number of aromatic amines is 1. The predicted molar refractivity (Wildman–Crippen MR) is 127 cm³/mol. The lowest BCUT2D eigenvalue weighted by Gasteiger charge is -2.36. The average Bonchev–Trinajstić information content (AvgIpc) is 3.39. The smallest absolute Gasteiger partial charge is 0.356 e. The number of carbonyl (C=O) groups is 2. The van der Waals surface area contributed by atoms with Crippen molar-refractivity contribution in [3.63, 3.8) is 0 Å². The van der Waals surface area contributed by atoms with E-state index < -0.39 is 6.03 Å². The summed E-state index contributed by atoms with van der Waals surface area (Å²) in [7, 11) is 0. The van der Waals surface area contributed by atoms with E-state index in [0.717, 1.165) is 59.7 Å². The molecule has 2 amide bonds. The molecule has 0 atom stereocenters. The third-order valence-electron chi connectivity index (χ3n) is 5.60. The molecule has 1 aliphatic rings. The van der Waals surface area contributed by atoms with Crippen LogP contribution < -0.4 is 15.3 Å². The maximum Gasteiger partial charge on any atom is 0.356 e. The van der Waals surface area contributed by atoms with Crippen LogP contribution in [0.4, 0.5) is 16.3 Å². The van der Waals surface area contributed by atoms with Gasteiger partial charge < -0.3 is 20.0 Å². The van der Waals surface area contributed by atoms with Crippen LogP contribution in [0.15, 0.2) is 42.9 Å². The van der Waals surface area contributed by atoms with E-state index in [1.165, 1.54) is 0 Å². The predicted octanol–water partition coefficient (Wildman–Crippen LogP) is 2.12. The van der Waals surface area contributed by atoms with Gasteiger partial charge in [0.15, 0.2) is 11.6 Å². The second kappa shape index (κ2) is 10.8. The molecule has 1 fully saturated rings. The highest BCUT2D eigenvalue weighted by atomic mass is 16.7. The number of aryl methyl sites for hydroxylation is 1. The van der Waals surface area contributed by atoms with Crippen molar-refractivity contribution in [2.45, 2.75) is 20.4 Å². The normalized spacial score (nSPS) is 14.0. The molecule has 11 nitrogen and oxygen atoms in total. The number of aromatic nitrogens is 4. The van der Waals surface area contributed by atoms with Crippen LogP contribution in [0.1, 0.15) is 18.2 Å². The van der Waals surface area contributed by atoms with E-state index in [2.05, 4.69) is 36.1 Å². The first-order chi connectivity index (χ1) is 16.6. The van der Waals surface area contributed by atoms with Crippen molar-refractivity contribution in [1.29, 1.82) is 0 Å². The number of H-pyrrole nitrogens is 1. The maximum absolute atomic E-state index is 12.2. The third kappa shape index (κ3) is 5.31. The molecule has 0 spiro atoms. The summed E-state index contributed by atoms with van der Waals surface area (Å²) in [5.74, 6) is 1.02.